The van der Waals surface area contributed by atoms with Crippen LogP contribution in [-0.4, -0.2) is 42.4 Å². The topological polar surface area (TPSA) is 79.6 Å². The first kappa shape index (κ1) is 19.8. The molecule has 0 spiro atoms. The summed E-state index contributed by atoms with van der Waals surface area (Å²) in [7, 11) is -1.42. The number of halogens is 3. The standard InChI is InChI=1S/C17H13Cl3N2O4S/c1-21(2)17(24)14-6-9-5-10(18)3-4-13(9)22(14)27(25,26)15-8-11(19)7-12(20)16(15)23/h3-8,23H,1-2H3. The van der Waals surface area contributed by atoms with E-state index < -0.39 is 26.6 Å². The summed E-state index contributed by atoms with van der Waals surface area (Å²) in [6, 6.07) is 8.24. The number of nitrogens with zero attached hydrogens (tertiary/aromatic N) is 2. The number of benzene rings is 2. The molecule has 3 rings (SSSR count). The molecule has 0 unspecified atom stereocenters. The molecule has 3 aromatic rings. The van der Waals surface area contributed by atoms with Gasteiger partial charge in [0.05, 0.1) is 10.5 Å². The second-order valence-corrected chi connectivity index (χ2v) is 8.97. The predicted octanol–water partition coefficient (Wildman–Crippen LogP) is 4.25. The average Bonchev–Trinajstić information content (AvgIpc) is 2.96. The molecule has 0 fully saturated rings. The summed E-state index contributed by atoms with van der Waals surface area (Å²) in [6.45, 7) is 0. The first-order valence-corrected chi connectivity index (χ1v) is 10.1. The maximum Gasteiger partial charge on any atom is 0.272 e. The average molecular weight is 448 g/mol. The lowest BCUT2D eigenvalue weighted by Crippen LogP contribution is -2.27. The highest BCUT2D eigenvalue weighted by Gasteiger charge is 2.30. The summed E-state index contributed by atoms with van der Waals surface area (Å²) in [5.41, 5.74) is 0.105. The molecule has 10 heteroatoms. The Labute approximate surface area is 170 Å². The zero-order valence-electron chi connectivity index (χ0n) is 14.1. The molecule has 142 valence electrons. The summed E-state index contributed by atoms with van der Waals surface area (Å²) in [6.07, 6.45) is 0. The van der Waals surface area contributed by atoms with E-state index in [4.69, 9.17) is 34.8 Å². The van der Waals surface area contributed by atoms with Gasteiger partial charge in [-0.2, -0.15) is 0 Å². The van der Waals surface area contributed by atoms with Gasteiger partial charge in [0.25, 0.3) is 15.9 Å². The van der Waals surface area contributed by atoms with Crippen molar-refractivity contribution in [2.45, 2.75) is 4.90 Å². The molecule has 1 N–H and O–H groups in total. The number of fused-ring (bicyclic) bond motifs is 1. The van der Waals surface area contributed by atoms with Crippen molar-refractivity contribution in [3.8, 4) is 5.75 Å². The van der Waals surface area contributed by atoms with E-state index in [2.05, 4.69) is 0 Å². The zero-order valence-corrected chi connectivity index (χ0v) is 17.2. The van der Waals surface area contributed by atoms with Gasteiger partial charge in [0.1, 0.15) is 10.6 Å². The Morgan fingerprint density at radius 2 is 1.70 bits per heavy atom. The van der Waals surface area contributed by atoms with Gasteiger partial charge in [-0.05, 0) is 36.4 Å². The van der Waals surface area contributed by atoms with Crippen molar-refractivity contribution in [1.82, 2.24) is 8.87 Å². The molecule has 27 heavy (non-hydrogen) atoms. The lowest BCUT2D eigenvalue weighted by molar-refractivity contribution is 0.0821. The van der Waals surface area contributed by atoms with Crippen molar-refractivity contribution in [2.24, 2.45) is 0 Å². The summed E-state index contributed by atoms with van der Waals surface area (Å²) in [4.78, 5) is 13.3. The van der Waals surface area contributed by atoms with Crippen LogP contribution in [0.25, 0.3) is 10.9 Å². The maximum absolute atomic E-state index is 13.3. The number of rotatable bonds is 3. The monoisotopic (exact) mass is 446 g/mol. The Kier molecular flexibility index (Phi) is 5.07. The minimum Gasteiger partial charge on any atom is -0.505 e. The summed E-state index contributed by atoms with van der Waals surface area (Å²) >= 11 is 17.8. The quantitative estimate of drug-likeness (QED) is 0.651. The molecule has 1 heterocycles. The van der Waals surface area contributed by atoms with Gasteiger partial charge in [-0.15, -0.1) is 0 Å². The van der Waals surface area contributed by atoms with Crippen LogP contribution >= 0.6 is 34.8 Å². The number of carbonyl (C=O) groups excluding carboxylic acids is 1. The Morgan fingerprint density at radius 3 is 2.33 bits per heavy atom. The van der Waals surface area contributed by atoms with E-state index in [9.17, 15) is 18.3 Å². The molecule has 0 aliphatic heterocycles. The van der Waals surface area contributed by atoms with Crippen LogP contribution in [0.2, 0.25) is 15.1 Å². The first-order chi connectivity index (χ1) is 12.5. The summed E-state index contributed by atoms with van der Waals surface area (Å²) in [5.74, 6) is -1.20. The molecule has 1 aromatic heterocycles. The summed E-state index contributed by atoms with van der Waals surface area (Å²) in [5, 5.41) is 10.8. The Bertz CT molecular complexity index is 1190. The van der Waals surface area contributed by atoms with Gasteiger partial charge >= 0.3 is 0 Å². The zero-order chi connectivity index (χ0) is 20.1. The SMILES string of the molecule is CN(C)C(=O)c1cc2cc(Cl)ccc2n1S(=O)(=O)c1cc(Cl)cc(Cl)c1O. The second kappa shape index (κ2) is 6.91. The summed E-state index contributed by atoms with van der Waals surface area (Å²) < 4.78 is 27.5. The van der Waals surface area contributed by atoms with Crippen molar-refractivity contribution < 1.29 is 18.3 Å². The highest BCUT2D eigenvalue weighted by Crippen LogP contribution is 2.37. The van der Waals surface area contributed by atoms with Crippen molar-refractivity contribution >= 4 is 61.6 Å². The fourth-order valence-electron chi connectivity index (χ4n) is 2.64. The molecule has 1 amide bonds. The van der Waals surface area contributed by atoms with Crippen LogP contribution in [0.3, 0.4) is 0 Å². The number of hydrogen-bond donors (Lipinski definition) is 1. The van der Waals surface area contributed by atoms with E-state index in [-0.39, 0.29) is 21.3 Å². The molecule has 0 aliphatic carbocycles. The molecule has 0 aliphatic rings. The van der Waals surface area contributed by atoms with Gasteiger partial charge in [-0.25, -0.2) is 12.4 Å². The molecular weight excluding hydrogens is 435 g/mol. The third-order valence-corrected chi connectivity index (χ3v) is 6.34. The van der Waals surface area contributed by atoms with E-state index in [1.807, 2.05) is 0 Å². The van der Waals surface area contributed by atoms with Crippen LogP contribution in [0.4, 0.5) is 0 Å². The van der Waals surface area contributed by atoms with Gasteiger partial charge in [0.2, 0.25) is 0 Å². The number of aromatic nitrogens is 1. The number of aromatic hydroxyl groups is 1. The van der Waals surface area contributed by atoms with Crippen LogP contribution < -0.4 is 0 Å². The van der Waals surface area contributed by atoms with Gasteiger partial charge < -0.3 is 10.0 Å². The van der Waals surface area contributed by atoms with Gasteiger partial charge in [0.15, 0.2) is 5.75 Å². The highest BCUT2D eigenvalue weighted by molar-refractivity contribution is 7.90. The van der Waals surface area contributed by atoms with Crippen LogP contribution in [-0.2, 0) is 10.0 Å². The number of phenols is 1. The Balaban J connectivity index is 2.42. The van der Waals surface area contributed by atoms with Crippen molar-refractivity contribution in [1.29, 1.82) is 0 Å². The Morgan fingerprint density at radius 1 is 1.04 bits per heavy atom. The van der Waals surface area contributed by atoms with E-state index in [1.165, 1.54) is 43.3 Å². The van der Waals surface area contributed by atoms with Gasteiger partial charge in [-0.3, -0.25) is 4.79 Å². The van der Waals surface area contributed by atoms with E-state index in [0.717, 1.165) is 10.0 Å². The lowest BCUT2D eigenvalue weighted by Gasteiger charge is -2.16. The number of carbonyl (C=O) groups is 1. The minimum atomic E-state index is -4.41. The fourth-order valence-corrected chi connectivity index (χ4v) is 5.07. The molecule has 6 nitrogen and oxygen atoms in total. The Hall–Kier alpha value is -1.93. The number of phenolic OH excluding ortho intramolecular Hbond substituents is 1. The van der Waals surface area contributed by atoms with Crippen molar-refractivity contribution in [3.05, 3.63) is 57.2 Å². The van der Waals surface area contributed by atoms with E-state index >= 15 is 0 Å². The minimum absolute atomic E-state index is 0.0244. The molecule has 0 bridgehead atoms. The van der Waals surface area contributed by atoms with Crippen LogP contribution in [0, 0.1) is 0 Å². The van der Waals surface area contributed by atoms with E-state index in [0.29, 0.717) is 10.4 Å². The van der Waals surface area contributed by atoms with Crippen LogP contribution in [0.15, 0.2) is 41.3 Å². The predicted molar refractivity (Wildman–Crippen MR) is 106 cm³/mol. The van der Waals surface area contributed by atoms with Crippen molar-refractivity contribution in [2.75, 3.05) is 14.1 Å². The third kappa shape index (κ3) is 3.36. The maximum atomic E-state index is 13.3. The van der Waals surface area contributed by atoms with Crippen LogP contribution in [0.5, 0.6) is 5.75 Å². The number of hydrogen-bond acceptors (Lipinski definition) is 4. The normalized spacial score (nSPS) is 11.7. The van der Waals surface area contributed by atoms with Crippen molar-refractivity contribution in [3.63, 3.8) is 0 Å². The highest BCUT2D eigenvalue weighted by atomic mass is 35.5. The molecule has 0 atom stereocenters. The third-order valence-electron chi connectivity index (χ3n) is 3.86. The van der Waals surface area contributed by atoms with Gasteiger partial charge in [-0.1, -0.05) is 34.8 Å². The first-order valence-electron chi connectivity index (χ1n) is 7.50. The second-order valence-electron chi connectivity index (χ2n) is 5.94. The molecule has 0 radical (unpaired) electrons. The molecule has 2 aromatic carbocycles. The smallest absolute Gasteiger partial charge is 0.272 e. The largest absolute Gasteiger partial charge is 0.505 e. The molecule has 0 saturated carbocycles. The number of amides is 1. The lowest BCUT2D eigenvalue weighted by atomic mass is 10.2. The molecular formula is C17H13Cl3N2O4S. The fraction of sp³-hybridized carbons (Fsp3) is 0.118. The van der Waals surface area contributed by atoms with E-state index in [1.54, 1.807) is 6.07 Å². The van der Waals surface area contributed by atoms with Gasteiger partial charge in [0, 0.05) is 29.5 Å². The molecule has 0 saturated heterocycles. The van der Waals surface area contributed by atoms with Crippen LogP contribution in [0.1, 0.15) is 10.5 Å².